The van der Waals surface area contributed by atoms with E-state index in [9.17, 15) is 0 Å². The maximum Gasteiger partial charge on any atom is 0.0328 e. The van der Waals surface area contributed by atoms with Crippen molar-refractivity contribution >= 4 is 11.8 Å². The zero-order valence-electron chi connectivity index (χ0n) is 9.21. The average molecular weight is 209 g/mol. The summed E-state index contributed by atoms with van der Waals surface area (Å²) in [6, 6.07) is 9.12. The van der Waals surface area contributed by atoms with Crippen molar-refractivity contribution in [1.82, 2.24) is 5.32 Å². The lowest BCUT2D eigenvalue weighted by Crippen LogP contribution is -2.18. The van der Waals surface area contributed by atoms with Gasteiger partial charge in [0.05, 0.1) is 0 Å². The van der Waals surface area contributed by atoms with E-state index in [1.807, 2.05) is 18.8 Å². The van der Waals surface area contributed by atoms with Crippen LogP contribution in [-0.2, 0) is 0 Å². The Labute approximate surface area is 91.3 Å². The van der Waals surface area contributed by atoms with Crippen LogP contribution in [0.25, 0.3) is 0 Å². The third-order valence-electron chi connectivity index (χ3n) is 2.52. The summed E-state index contributed by atoms with van der Waals surface area (Å²) < 4.78 is 0. The second kappa shape index (κ2) is 6.10. The van der Waals surface area contributed by atoms with Gasteiger partial charge in [0, 0.05) is 6.04 Å². The van der Waals surface area contributed by atoms with E-state index in [1.165, 1.54) is 23.3 Å². The molecule has 2 heteroatoms. The topological polar surface area (TPSA) is 12.0 Å². The zero-order chi connectivity index (χ0) is 10.4. The molecule has 0 fully saturated rings. The summed E-state index contributed by atoms with van der Waals surface area (Å²) in [5, 5.41) is 3.38. The first-order valence-corrected chi connectivity index (χ1v) is 6.40. The molecule has 0 aliphatic carbocycles. The summed E-state index contributed by atoms with van der Waals surface area (Å²) >= 11 is 1.91. The summed E-state index contributed by atoms with van der Waals surface area (Å²) in [4.78, 5) is 0. The second-order valence-electron chi connectivity index (χ2n) is 3.48. The number of hydrogen-bond acceptors (Lipinski definition) is 2. The van der Waals surface area contributed by atoms with Gasteiger partial charge in [-0.2, -0.15) is 11.8 Å². The molecule has 1 N–H and O–H groups in total. The van der Waals surface area contributed by atoms with Crippen LogP contribution in [0.5, 0.6) is 0 Å². The van der Waals surface area contributed by atoms with Crippen molar-refractivity contribution < 1.29 is 0 Å². The zero-order valence-corrected chi connectivity index (χ0v) is 10.0. The molecule has 14 heavy (non-hydrogen) atoms. The van der Waals surface area contributed by atoms with Crippen LogP contribution in [0.15, 0.2) is 24.3 Å². The Balaban J connectivity index is 2.73. The van der Waals surface area contributed by atoms with Crippen LogP contribution in [0, 0.1) is 6.92 Å². The summed E-state index contributed by atoms with van der Waals surface area (Å²) in [5.74, 6) is 1.21. The number of thioether (sulfide) groups is 1. The highest BCUT2D eigenvalue weighted by molar-refractivity contribution is 7.98. The molecule has 0 aliphatic rings. The quantitative estimate of drug-likeness (QED) is 0.800. The summed E-state index contributed by atoms with van der Waals surface area (Å²) in [6.45, 7) is 2.18. The average Bonchev–Trinajstić information content (AvgIpc) is 2.21. The molecular weight excluding hydrogens is 190 g/mol. The minimum absolute atomic E-state index is 0.503. The van der Waals surface area contributed by atoms with Crippen molar-refractivity contribution in [1.29, 1.82) is 0 Å². The van der Waals surface area contributed by atoms with Gasteiger partial charge in [-0.3, -0.25) is 0 Å². The van der Waals surface area contributed by atoms with Crippen LogP contribution >= 0.6 is 11.8 Å². The molecule has 0 amide bonds. The molecule has 0 spiro atoms. The standard InChI is InChI=1S/C12H19NS/c1-10-6-4-5-7-11(10)12(13-2)8-9-14-3/h4-7,12-13H,8-9H2,1-3H3. The Morgan fingerprint density at radius 2 is 2.07 bits per heavy atom. The number of rotatable bonds is 5. The highest BCUT2D eigenvalue weighted by Gasteiger charge is 2.09. The van der Waals surface area contributed by atoms with Crippen molar-refractivity contribution in [3.8, 4) is 0 Å². The Morgan fingerprint density at radius 1 is 1.36 bits per heavy atom. The van der Waals surface area contributed by atoms with Crippen molar-refractivity contribution in [2.75, 3.05) is 19.1 Å². The lowest BCUT2D eigenvalue weighted by atomic mass is 10.00. The minimum atomic E-state index is 0.503. The maximum atomic E-state index is 3.38. The van der Waals surface area contributed by atoms with Gasteiger partial charge in [0.1, 0.15) is 0 Å². The summed E-state index contributed by atoms with van der Waals surface area (Å²) in [6.07, 6.45) is 3.35. The maximum absolute atomic E-state index is 3.38. The van der Waals surface area contributed by atoms with Crippen LogP contribution in [0.2, 0.25) is 0 Å². The van der Waals surface area contributed by atoms with Crippen LogP contribution in [0.4, 0.5) is 0 Å². The van der Waals surface area contributed by atoms with E-state index >= 15 is 0 Å². The molecule has 1 aromatic carbocycles. The van der Waals surface area contributed by atoms with E-state index in [4.69, 9.17) is 0 Å². The summed E-state index contributed by atoms with van der Waals surface area (Å²) in [5.41, 5.74) is 2.82. The van der Waals surface area contributed by atoms with Gasteiger partial charge in [-0.15, -0.1) is 0 Å². The van der Waals surface area contributed by atoms with Gasteiger partial charge >= 0.3 is 0 Å². The fraction of sp³-hybridized carbons (Fsp3) is 0.500. The van der Waals surface area contributed by atoms with Gasteiger partial charge in [0.15, 0.2) is 0 Å². The second-order valence-corrected chi connectivity index (χ2v) is 4.46. The Hall–Kier alpha value is -0.470. The molecule has 1 rings (SSSR count). The smallest absolute Gasteiger partial charge is 0.0328 e. The van der Waals surface area contributed by atoms with E-state index in [0.29, 0.717) is 6.04 Å². The Morgan fingerprint density at radius 3 is 2.64 bits per heavy atom. The van der Waals surface area contributed by atoms with Gasteiger partial charge in [-0.1, -0.05) is 24.3 Å². The lowest BCUT2D eigenvalue weighted by Gasteiger charge is -2.18. The van der Waals surface area contributed by atoms with Gasteiger partial charge < -0.3 is 5.32 Å². The van der Waals surface area contributed by atoms with Gasteiger partial charge in [-0.05, 0) is 43.5 Å². The molecule has 1 aromatic rings. The first-order chi connectivity index (χ1) is 6.79. The molecule has 78 valence electrons. The van der Waals surface area contributed by atoms with E-state index in [2.05, 4.69) is 42.8 Å². The molecule has 0 bridgehead atoms. The monoisotopic (exact) mass is 209 g/mol. The van der Waals surface area contributed by atoms with Crippen molar-refractivity contribution in [2.45, 2.75) is 19.4 Å². The van der Waals surface area contributed by atoms with Crippen LogP contribution in [0.1, 0.15) is 23.6 Å². The Bertz CT molecular complexity index is 273. The number of aryl methyl sites for hydroxylation is 1. The third-order valence-corrected chi connectivity index (χ3v) is 3.17. The molecular formula is C12H19NS. The Kier molecular flexibility index (Phi) is 5.05. The lowest BCUT2D eigenvalue weighted by molar-refractivity contribution is 0.578. The van der Waals surface area contributed by atoms with E-state index in [1.54, 1.807) is 0 Å². The molecule has 0 heterocycles. The third kappa shape index (κ3) is 3.03. The highest BCUT2D eigenvalue weighted by Crippen LogP contribution is 2.21. The van der Waals surface area contributed by atoms with Crippen molar-refractivity contribution in [2.24, 2.45) is 0 Å². The molecule has 0 aliphatic heterocycles. The normalized spacial score (nSPS) is 12.8. The van der Waals surface area contributed by atoms with Crippen LogP contribution in [-0.4, -0.2) is 19.1 Å². The molecule has 1 atom stereocenters. The predicted octanol–water partition coefficient (Wildman–Crippen LogP) is 3.01. The molecule has 1 nitrogen and oxygen atoms in total. The van der Waals surface area contributed by atoms with Crippen molar-refractivity contribution in [3.63, 3.8) is 0 Å². The molecule has 1 unspecified atom stereocenters. The fourth-order valence-electron chi connectivity index (χ4n) is 1.67. The molecule has 0 saturated heterocycles. The molecule has 0 aromatic heterocycles. The largest absolute Gasteiger partial charge is 0.313 e. The van der Waals surface area contributed by atoms with Gasteiger partial charge in [0.2, 0.25) is 0 Å². The number of hydrogen-bond donors (Lipinski definition) is 1. The minimum Gasteiger partial charge on any atom is -0.313 e. The predicted molar refractivity (Wildman–Crippen MR) is 66.0 cm³/mol. The van der Waals surface area contributed by atoms with Crippen LogP contribution < -0.4 is 5.32 Å². The van der Waals surface area contributed by atoms with E-state index < -0.39 is 0 Å². The SMILES string of the molecule is CNC(CCSC)c1ccccc1C. The highest BCUT2D eigenvalue weighted by atomic mass is 32.2. The fourth-order valence-corrected chi connectivity index (χ4v) is 2.14. The number of benzene rings is 1. The summed E-state index contributed by atoms with van der Waals surface area (Å²) in [7, 11) is 2.04. The van der Waals surface area contributed by atoms with Crippen molar-refractivity contribution in [3.05, 3.63) is 35.4 Å². The molecule has 0 saturated carbocycles. The van der Waals surface area contributed by atoms with Crippen LogP contribution in [0.3, 0.4) is 0 Å². The van der Waals surface area contributed by atoms with E-state index in [0.717, 1.165) is 0 Å². The van der Waals surface area contributed by atoms with E-state index in [-0.39, 0.29) is 0 Å². The first kappa shape index (κ1) is 11.6. The molecule has 0 radical (unpaired) electrons. The first-order valence-electron chi connectivity index (χ1n) is 5.01. The number of nitrogens with one attached hydrogen (secondary N) is 1. The van der Waals surface area contributed by atoms with Gasteiger partial charge in [-0.25, -0.2) is 0 Å². The van der Waals surface area contributed by atoms with Gasteiger partial charge in [0.25, 0.3) is 0 Å².